The number of carbonyl (C=O) groups excluding carboxylic acids is 1. The third-order valence-corrected chi connectivity index (χ3v) is 8.11. The highest BCUT2D eigenvalue weighted by molar-refractivity contribution is 7.88. The second-order valence-electron chi connectivity index (χ2n) is 10.9. The van der Waals surface area contributed by atoms with Gasteiger partial charge in [0.05, 0.1) is 30.5 Å². The topological polar surface area (TPSA) is 111 Å². The van der Waals surface area contributed by atoms with Gasteiger partial charge in [-0.05, 0) is 51.9 Å². The highest BCUT2D eigenvalue weighted by Gasteiger charge is 2.33. The quantitative estimate of drug-likeness (QED) is 0.495. The van der Waals surface area contributed by atoms with Crippen molar-refractivity contribution in [3.05, 3.63) is 17.5 Å². The van der Waals surface area contributed by atoms with Crippen molar-refractivity contribution >= 4 is 15.8 Å². The Morgan fingerprint density at radius 2 is 2.00 bits per heavy atom. The number of ketones is 1. The first-order valence-electron chi connectivity index (χ1n) is 12.3. The zero-order valence-corrected chi connectivity index (χ0v) is 22.1. The molecular weight excluding hydrogens is 458 g/mol. The van der Waals surface area contributed by atoms with Gasteiger partial charge in [0.15, 0.2) is 12.1 Å². The van der Waals surface area contributed by atoms with E-state index in [2.05, 4.69) is 10.5 Å². The molecule has 0 spiro atoms. The van der Waals surface area contributed by atoms with E-state index in [-0.39, 0.29) is 29.8 Å². The third-order valence-electron chi connectivity index (χ3n) is 6.84. The molecule has 2 saturated heterocycles. The van der Waals surface area contributed by atoms with Gasteiger partial charge in [0.2, 0.25) is 10.0 Å². The first-order chi connectivity index (χ1) is 15.9. The van der Waals surface area contributed by atoms with E-state index in [4.69, 9.17) is 14.0 Å². The Balaban J connectivity index is 1.50. The SMILES string of the molecule is CC(C)(NC[C@H]1CCCN(S(C)(=O)=O)C1)C(=O)Cc1cc(C(C)(C)COC2CCCCO2)no1. The number of nitrogens with zero attached hydrogens (tertiary/aromatic N) is 2. The van der Waals surface area contributed by atoms with Crippen molar-refractivity contribution in [2.45, 2.75) is 83.5 Å². The van der Waals surface area contributed by atoms with Crippen LogP contribution in [0.3, 0.4) is 0 Å². The van der Waals surface area contributed by atoms with Gasteiger partial charge in [-0.15, -0.1) is 0 Å². The van der Waals surface area contributed by atoms with Crippen molar-refractivity contribution in [3.8, 4) is 0 Å². The van der Waals surface area contributed by atoms with Gasteiger partial charge in [-0.25, -0.2) is 12.7 Å². The number of rotatable bonds is 11. The van der Waals surface area contributed by atoms with E-state index in [0.29, 0.717) is 32.0 Å². The van der Waals surface area contributed by atoms with Gasteiger partial charge >= 0.3 is 0 Å². The molecule has 1 N–H and O–H groups in total. The molecule has 9 nitrogen and oxygen atoms in total. The Morgan fingerprint density at radius 1 is 1.24 bits per heavy atom. The zero-order valence-electron chi connectivity index (χ0n) is 21.3. The summed E-state index contributed by atoms with van der Waals surface area (Å²) >= 11 is 0. The number of carbonyl (C=O) groups is 1. The number of piperidine rings is 1. The van der Waals surface area contributed by atoms with Gasteiger partial charge in [0, 0.05) is 37.7 Å². The molecule has 1 aromatic heterocycles. The van der Waals surface area contributed by atoms with Crippen LogP contribution in [0.25, 0.3) is 0 Å². The van der Waals surface area contributed by atoms with Gasteiger partial charge in [-0.3, -0.25) is 4.79 Å². The van der Waals surface area contributed by atoms with E-state index < -0.39 is 15.6 Å². The molecule has 0 saturated carbocycles. The molecule has 3 heterocycles. The van der Waals surface area contributed by atoms with E-state index in [1.165, 1.54) is 10.6 Å². The maximum Gasteiger partial charge on any atom is 0.211 e. The van der Waals surface area contributed by atoms with Crippen molar-refractivity contribution in [2.24, 2.45) is 5.92 Å². The molecular formula is C24H41N3O6S. The lowest BCUT2D eigenvalue weighted by Crippen LogP contribution is -2.51. The van der Waals surface area contributed by atoms with Crippen LogP contribution in [0, 0.1) is 5.92 Å². The first-order valence-corrected chi connectivity index (χ1v) is 14.1. The van der Waals surface area contributed by atoms with E-state index in [1.54, 1.807) is 0 Å². The summed E-state index contributed by atoms with van der Waals surface area (Å²) in [7, 11) is -3.19. The van der Waals surface area contributed by atoms with Crippen LogP contribution in [0.1, 0.15) is 71.3 Å². The molecule has 194 valence electrons. The van der Waals surface area contributed by atoms with Gasteiger partial charge < -0.3 is 19.3 Å². The van der Waals surface area contributed by atoms with Crippen LogP contribution in [0.5, 0.6) is 0 Å². The molecule has 0 radical (unpaired) electrons. The van der Waals surface area contributed by atoms with Crippen molar-refractivity contribution in [1.29, 1.82) is 0 Å². The second kappa shape index (κ2) is 11.2. The fraction of sp³-hybridized carbons (Fsp3) is 0.833. The van der Waals surface area contributed by atoms with Crippen LogP contribution in [0.2, 0.25) is 0 Å². The number of sulfonamides is 1. The van der Waals surface area contributed by atoms with E-state index in [1.807, 2.05) is 33.8 Å². The molecule has 0 aromatic carbocycles. The average molecular weight is 500 g/mol. The molecule has 10 heteroatoms. The molecule has 1 aromatic rings. The standard InChI is InChI=1S/C24H41N3O6S/c1-23(2,17-32-22-10-6-7-12-31-22)20-13-19(33-26-20)14-21(28)24(3,4)25-15-18-9-8-11-27(16-18)34(5,29)30/h13,18,22,25H,6-12,14-17H2,1-5H3/t18-,22?/m1/s1. The molecule has 2 aliphatic rings. The molecule has 34 heavy (non-hydrogen) atoms. The Labute approximate surface area is 204 Å². The summed E-state index contributed by atoms with van der Waals surface area (Å²) in [4.78, 5) is 13.0. The maximum absolute atomic E-state index is 13.0. The highest BCUT2D eigenvalue weighted by Crippen LogP contribution is 2.26. The molecule has 0 bridgehead atoms. The lowest BCUT2D eigenvalue weighted by Gasteiger charge is -2.33. The van der Waals surface area contributed by atoms with Gasteiger partial charge in [-0.1, -0.05) is 19.0 Å². The molecule has 1 unspecified atom stereocenters. The summed E-state index contributed by atoms with van der Waals surface area (Å²) in [6.45, 7) is 10.6. The third kappa shape index (κ3) is 7.58. The Bertz CT molecular complexity index is 921. The fourth-order valence-corrected chi connectivity index (χ4v) is 5.25. The molecule has 2 fully saturated rings. The van der Waals surface area contributed by atoms with Crippen LogP contribution in [-0.2, 0) is 36.1 Å². The van der Waals surface area contributed by atoms with E-state index >= 15 is 0 Å². The average Bonchev–Trinajstić information content (AvgIpc) is 3.26. The van der Waals surface area contributed by atoms with Gasteiger partial charge in [0.1, 0.15) is 5.76 Å². The zero-order chi connectivity index (χ0) is 25.0. The lowest BCUT2D eigenvalue weighted by molar-refractivity contribution is -0.170. The van der Waals surface area contributed by atoms with Gasteiger partial charge in [-0.2, -0.15) is 0 Å². The summed E-state index contributed by atoms with van der Waals surface area (Å²) in [6, 6.07) is 1.84. The number of nitrogens with one attached hydrogen (secondary N) is 1. The maximum atomic E-state index is 13.0. The first kappa shape index (κ1) is 27.3. The summed E-state index contributed by atoms with van der Waals surface area (Å²) in [6.07, 6.45) is 6.09. The molecule has 2 atom stereocenters. The number of hydrogen-bond acceptors (Lipinski definition) is 8. The van der Waals surface area contributed by atoms with Crippen LogP contribution >= 0.6 is 0 Å². The van der Waals surface area contributed by atoms with Crippen molar-refractivity contribution in [1.82, 2.24) is 14.8 Å². The predicted molar refractivity (Wildman–Crippen MR) is 129 cm³/mol. The fourth-order valence-electron chi connectivity index (χ4n) is 4.31. The molecule has 0 amide bonds. The minimum atomic E-state index is -3.19. The van der Waals surface area contributed by atoms with Crippen LogP contribution < -0.4 is 5.32 Å². The molecule has 3 rings (SSSR count). The lowest BCUT2D eigenvalue weighted by atomic mass is 9.89. The Morgan fingerprint density at radius 3 is 2.68 bits per heavy atom. The number of ether oxygens (including phenoxy) is 2. The second-order valence-corrected chi connectivity index (χ2v) is 12.9. The molecule has 0 aliphatic carbocycles. The van der Waals surface area contributed by atoms with E-state index in [0.717, 1.165) is 44.4 Å². The summed E-state index contributed by atoms with van der Waals surface area (Å²) < 4.78 is 42.3. The van der Waals surface area contributed by atoms with Crippen molar-refractivity contribution < 1.29 is 27.2 Å². The summed E-state index contributed by atoms with van der Waals surface area (Å²) in [5.74, 6) is 0.704. The van der Waals surface area contributed by atoms with Crippen LogP contribution in [0.4, 0.5) is 0 Å². The minimum Gasteiger partial charge on any atom is -0.361 e. The smallest absolute Gasteiger partial charge is 0.211 e. The van der Waals surface area contributed by atoms with Crippen molar-refractivity contribution in [3.63, 3.8) is 0 Å². The van der Waals surface area contributed by atoms with Crippen LogP contribution in [0.15, 0.2) is 10.6 Å². The Kier molecular flexibility index (Phi) is 8.95. The number of aromatic nitrogens is 1. The van der Waals surface area contributed by atoms with Gasteiger partial charge in [0.25, 0.3) is 0 Å². The summed E-state index contributed by atoms with van der Waals surface area (Å²) in [5.41, 5.74) is -0.386. The number of Topliss-reactive ketones (excluding diaryl/α,β-unsaturated/α-hetero) is 1. The minimum absolute atomic E-state index is 0.00404. The largest absolute Gasteiger partial charge is 0.361 e. The summed E-state index contributed by atoms with van der Waals surface area (Å²) in [5, 5.41) is 7.55. The predicted octanol–water partition coefficient (Wildman–Crippen LogP) is 2.65. The van der Waals surface area contributed by atoms with Crippen LogP contribution in [-0.4, -0.2) is 74.6 Å². The monoisotopic (exact) mass is 499 g/mol. The number of hydrogen-bond donors (Lipinski definition) is 1. The van der Waals surface area contributed by atoms with E-state index in [9.17, 15) is 13.2 Å². The Hall–Kier alpha value is -1.33. The molecule has 2 aliphatic heterocycles. The normalized spacial score (nSPS) is 23.2. The van der Waals surface area contributed by atoms with Crippen molar-refractivity contribution in [2.75, 3.05) is 39.1 Å². The highest BCUT2D eigenvalue weighted by atomic mass is 32.2.